The summed E-state index contributed by atoms with van der Waals surface area (Å²) in [6.07, 6.45) is 4.29. The van der Waals surface area contributed by atoms with Crippen LogP contribution in [0, 0.1) is 0 Å². The Morgan fingerprint density at radius 2 is 1.48 bits per heavy atom. The fourth-order valence-corrected chi connectivity index (χ4v) is 9.72. The number of hydrogen-bond donors (Lipinski definition) is 10. The number of aliphatic hydroxyl groups is 2. The van der Waals surface area contributed by atoms with Crippen LogP contribution in [0.25, 0.3) is 10.8 Å². The van der Waals surface area contributed by atoms with Crippen LogP contribution >= 0.6 is 0 Å². The average molecular weight is 1010 g/mol. The Balaban J connectivity index is 1.28. The molecule has 20 nitrogen and oxygen atoms in total. The largest absolute Gasteiger partial charge is 0.508 e. The summed E-state index contributed by atoms with van der Waals surface area (Å²) in [5, 5.41) is 47.1. The Morgan fingerprint density at radius 1 is 0.781 bits per heavy atom. The van der Waals surface area contributed by atoms with Crippen LogP contribution in [-0.2, 0) is 35.2 Å². The van der Waals surface area contributed by atoms with E-state index >= 15 is 0 Å². The molecule has 3 aromatic carbocycles. The maximum atomic E-state index is 14.5. The number of phenolic OH excluding ortho intramolecular Hbond substituents is 1. The van der Waals surface area contributed by atoms with Gasteiger partial charge >= 0.3 is 0 Å². The van der Waals surface area contributed by atoms with Crippen molar-refractivity contribution in [2.75, 3.05) is 32.8 Å². The van der Waals surface area contributed by atoms with Crippen LogP contribution in [0.15, 0.2) is 60.7 Å². The number of unbranched alkanes of at least 4 members (excludes halogenated alkanes) is 5. The van der Waals surface area contributed by atoms with E-state index in [1.807, 2.05) is 18.2 Å². The molecule has 0 aromatic heterocycles. The molecule has 20 heteroatoms. The molecule has 73 heavy (non-hydrogen) atoms. The highest BCUT2D eigenvalue weighted by Crippen LogP contribution is 2.25. The molecule has 3 heterocycles. The number of ether oxygens (including phenoxy) is 1. The fourth-order valence-electron chi connectivity index (χ4n) is 9.72. The molecule has 3 aromatic rings. The molecule has 9 atom stereocenters. The fraction of sp³-hybridized carbons (Fsp3) is 0.566. The Labute approximate surface area is 426 Å². The van der Waals surface area contributed by atoms with Crippen molar-refractivity contribution in [2.24, 2.45) is 11.5 Å². The van der Waals surface area contributed by atoms with Crippen LogP contribution < -0.4 is 42.8 Å². The molecule has 12 N–H and O–H groups in total. The number of nitrogens with one attached hydrogen (secondary N) is 5. The van der Waals surface area contributed by atoms with E-state index in [1.54, 1.807) is 30.3 Å². The summed E-state index contributed by atoms with van der Waals surface area (Å²) in [5.74, 6) is -4.19. The van der Waals surface area contributed by atoms with Gasteiger partial charge in [0.1, 0.15) is 47.8 Å². The average Bonchev–Trinajstić information content (AvgIpc) is 3.97. The summed E-state index contributed by atoms with van der Waals surface area (Å²) >= 11 is 0. The highest BCUT2D eigenvalue weighted by Gasteiger charge is 2.45. The normalized spacial score (nSPS) is 25.2. The van der Waals surface area contributed by atoms with E-state index < -0.39 is 95.9 Å². The quantitative estimate of drug-likeness (QED) is 0.0857. The second kappa shape index (κ2) is 27.1. The van der Waals surface area contributed by atoms with Gasteiger partial charge in [-0.15, -0.1) is 0 Å². The number of fused-ring (bicyclic) bond motifs is 3. The molecule has 0 radical (unpaired) electrons. The number of aliphatic hydroxyl groups excluding tert-OH is 2. The number of hydrogen-bond acceptors (Lipinski definition) is 13. The summed E-state index contributed by atoms with van der Waals surface area (Å²) in [5.41, 5.74) is 13.1. The molecule has 6 rings (SSSR count). The Morgan fingerprint density at radius 3 is 2.22 bits per heavy atom. The van der Waals surface area contributed by atoms with E-state index in [-0.39, 0.29) is 75.9 Å². The molecular weight excluding hydrogens is 939 g/mol. The summed E-state index contributed by atoms with van der Waals surface area (Å²) in [6, 6.07) is 8.52. The predicted molar refractivity (Wildman–Crippen MR) is 273 cm³/mol. The standard InChI is InChI=1S/C53H75N9O11/c1-3-4-5-6-9-25-73-40-21-18-34-26-36(17-16-35(34)27-40)47(66)57-41-12-10-24-56-50(69)45-29-39(65)31-62(45)52(71)43(11-7-8-23-54)59-48(67)42(22-15-33-13-19-38(64)20-14-33)58-51(70)44-28-37(55)30-61(44)53(72)46(32(2)63)60-49(41)68/h13-14,16-21,26-27,32,37,39,41-46,63-65H,3-12,15,22-25,28-31,54-55H2,1-2H3,(H,56,69)(H,57,66)(H,58,70)(H,59,67)(H,60,68)/t32-,37+,39-,41+,42+,43+,44+,45+,46+/m1/s1. The van der Waals surface area contributed by atoms with E-state index in [9.17, 15) is 48.9 Å². The third-order valence-corrected chi connectivity index (χ3v) is 13.9. The molecule has 0 aliphatic carbocycles. The lowest BCUT2D eigenvalue weighted by Crippen LogP contribution is -2.61. The van der Waals surface area contributed by atoms with Gasteiger partial charge in [0.25, 0.3) is 5.91 Å². The monoisotopic (exact) mass is 1010 g/mol. The number of nitrogens with zero attached hydrogens (tertiary/aromatic N) is 2. The number of benzene rings is 3. The lowest BCUT2D eigenvalue weighted by Gasteiger charge is -2.32. The molecule has 0 saturated carbocycles. The minimum Gasteiger partial charge on any atom is -0.508 e. The summed E-state index contributed by atoms with van der Waals surface area (Å²) < 4.78 is 5.98. The van der Waals surface area contributed by atoms with Gasteiger partial charge in [-0.1, -0.05) is 56.9 Å². The number of aryl methyl sites for hydroxylation is 1. The minimum absolute atomic E-state index is 0.0140. The first-order valence-corrected chi connectivity index (χ1v) is 25.9. The minimum atomic E-state index is -1.61. The first-order chi connectivity index (χ1) is 35.1. The molecule has 3 fully saturated rings. The van der Waals surface area contributed by atoms with Crippen LogP contribution in [-0.4, -0.2) is 154 Å². The lowest BCUT2D eigenvalue weighted by molar-refractivity contribution is -0.144. The van der Waals surface area contributed by atoms with Crippen LogP contribution in [0.4, 0.5) is 0 Å². The number of carbonyl (C=O) groups is 7. The second-order valence-electron chi connectivity index (χ2n) is 19.7. The highest BCUT2D eigenvalue weighted by atomic mass is 16.5. The maximum Gasteiger partial charge on any atom is 0.251 e. The number of rotatable bonds is 17. The number of aromatic hydroxyl groups is 1. The number of amides is 7. The molecule has 0 bridgehead atoms. The molecule has 3 aliphatic rings. The highest BCUT2D eigenvalue weighted by molar-refractivity contribution is 6.02. The molecule has 7 amide bonds. The van der Waals surface area contributed by atoms with Gasteiger partial charge < -0.3 is 67.9 Å². The van der Waals surface area contributed by atoms with Crippen molar-refractivity contribution in [3.63, 3.8) is 0 Å². The summed E-state index contributed by atoms with van der Waals surface area (Å²) in [7, 11) is 0. The van der Waals surface area contributed by atoms with Crippen molar-refractivity contribution in [1.82, 2.24) is 36.4 Å². The van der Waals surface area contributed by atoms with E-state index in [4.69, 9.17) is 16.2 Å². The Hall–Kier alpha value is -6.35. The van der Waals surface area contributed by atoms with E-state index in [2.05, 4.69) is 33.5 Å². The van der Waals surface area contributed by atoms with Crippen LogP contribution in [0.3, 0.4) is 0 Å². The first-order valence-electron chi connectivity index (χ1n) is 25.9. The first kappa shape index (κ1) is 56.0. The van der Waals surface area contributed by atoms with Gasteiger partial charge in [-0.2, -0.15) is 0 Å². The molecule has 3 saturated heterocycles. The number of carbonyl (C=O) groups excluding carboxylic acids is 7. The van der Waals surface area contributed by atoms with Gasteiger partial charge in [-0.25, -0.2) is 0 Å². The van der Waals surface area contributed by atoms with Crippen LogP contribution in [0.1, 0.15) is 113 Å². The predicted octanol–water partition coefficient (Wildman–Crippen LogP) is 1.39. The number of phenols is 1. The van der Waals surface area contributed by atoms with Gasteiger partial charge in [-0.05, 0) is 124 Å². The third kappa shape index (κ3) is 15.6. The molecule has 0 unspecified atom stereocenters. The smallest absolute Gasteiger partial charge is 0.251 e. The van der Waals surface area contributed by atoms with Crippen LogP contribution in [0.5, 0.6) is 11.5 Å². The van der Waals surface area contributed by atoms with Crippen molar-refractivity contribution < 1.29 is 53.6 Å². The maximum absolute atomic E-state index is 14.5. The topological polar surface area (TPSA) is 308 Å². The third-order valence-electron chi connectivity index (χ3n) is 13.9. The van der Waals surface area contributed by atoms with E-state index in [0.717, 1.165) is 46.9 Å². The number of nitrogens with two attached hydrogens (primary N) is 2. The molecule has 0 spiro atoms. The van der Waals surface area contributed by atoms with E-state index in [1.165, 1.54) is 30.4 Å². The Bertz CT molecular complexity index is 2390. The summed E-state index contributed by atoms with van der Waals surface area (Å²) in [6.45, 7) is 4.04. The molecule has 3 aliphatic heterocycles. The second-order valence-corrected chi connectivity index (χ2v) is 19.7. The van der Waals surface area contributed by atoms with Crippen molar-refractivity contribution in [2.45, 2.75) is 158 Å². The Kier molecular flexibility index (Phi) is 20.8. The van der Waals surface area contributed by atoms with Gasteiger partial charge in [0, 0.05) is 37.7 Å². The van der Waals surface area contributed by atoms with Crippen molar-refractivity contribution in [3.05, 3.63) is 71.8 Å². The lowest BCUT2D eigenvalue weighted by atomic mass is 10.0. The van der Waals surface area contributed by atoms with Gasteiger partial charge in [0.2, 0.25) is 35.4 Å². The molecular formula is C53H75N9O11. The van der Waals surface area contributed by atoms with Crippen molar-refractivity contribution in [3.8, 4) is 11.5 Å². The zero-order valence-corrected chi connectivity index (χ0v) is 42.1. The van der Waals surface area contributed by atoms with Crippen molar-refractivity contribution in [1.29, 1.82) is 0 Å². The van der Waals surface area contributed by atoms with Gasteiger partial charge in [0.05, 0.1) is 18.8 Å². The van der Waals surface area contributed by atoms with Crippen LogP contribution in [0.2, 0.25) is 0 Å². The zero-order valence-electron chi connectivity index (χ0n) is 42.1. The zero-order chi connectivity index (χ0) is 52.6. The molecule has 398 valence electrons. The van der Waals surface area contributed by atoms with E-state index in [0.29, 0.717) is 31.7 Å². The van der Waals surface area contributed by atoms with Gasteiger partial charge in [0.15, 0.2) is 0 Å². The SMILES string of the molecule is CCCCCCCOc1ccc2cc(C(=O)N[C@H]3CCCNC(=O)[C@@H]4C[C@@H](O)CN4C(=O)[C@H](CCCCN)NC(=O)[C@H](CCc4ccc(O)cc4)NC(=O)[C@@H]4C[C@H](N)CN4C(=O)[C@H]([C@@H](C)O)NC3=O)ccc2c1. The summed E-state index contributed by atoms with van der Waals surface area (Å²) in [4.78, 5) is 102. The van der Waals surface area contributed by atoms with Gasteiger partial charge in [-0.3, -0.25) is 33.6 Å². The van der Waals surface area contributed by atoms with Crippen molar-refractivity contribution >= 4 is 52.1 Å².